The molecule has 1 aromatic rings. The molecule has 9 heteroatoms. The molecule has 144 valence electrons. The Labute approximate surface area is 161 Å². The van der Waals surface area contributed by atoms with Crippen molar-refractivity contribution in [3.63, 3.8) is 0 Å². The van der Waals surface area contributed by atoms with Crippen LogP contribution in [0.25, 0.3) is 0 Å². The van der Waals surface area contributed by atoms with E-state index in [1.165, 1.54) is 12.1 Å². The highest BCUT2D eigenvalue weighted by Crippen LogP contribution is 2.20. The highest BCUT2D eigenvalue weighted by Gasteiger charge is 2.29. The molecule has 0 heterocycles. The lowest BCUT2D eigenvalue weighted by Crippen LogP contribution is -2.46. The zero-order valence-electron chi connectivity index (χ0n) is 14.5. The van der Waals surface area contributed by atoms with E-state index in [2.05, 4.69) is 5.32 Å². The molecule has 1 aromatic carbocycles. The molecule has 2 amide bonds. The van der Waals surface area contributed by atoms with Gasteiger partial charge in [-0.2, -0.15) is 0 Å². The molecule has 26 heavy (non-hydrogen) atoms. The molecule has 0 saturated carbocycles. The fourth-order valence-electron chi connectivity index (χ4n) is 2.41. The fourth-order valence-corrected chi connectivity index (χ4v) is 2.79. The van der Waals surface area contributed by atoms with Gasteiger partial charge in [0.05, 0.1) is 10.6 Å². The van der Waals surface area contributed by atoms with Crippen LogP contribution < -0.4 is 5.32 Å². The number of benzene rings is 1. The highest BCUT2D eigenvalue weighted by molar-refractivity contribution is 6.35. The second kappa shape index (κ2) is 10.2. The number of aliphatic carboxylic acids is 1. The van der Waals surface area contributed by atoms with Gasteiger partial charge in [0.2, 0.25) is 0 Å². The average molecular weight is 405 g/mol. The summed E-state index contributed by atoms with van der Waals surface area (Å²) in [7, 11) is 0. The predicted molar refractivity (Wildman–Crippen MR) is 99.0 cm³/mol. The van der Waals surface area contributed by atoms with Crippen molar-refractivity contribution < 1.29 is 24.6 Å². The molecule has 0 aliphatic carbocycles. The number of nitrogens with one attached hydrogen (secondary N) is 1. The Morgan fingerprint density at radius 1 is 1.19 bits per heavy atom. The van der Waals surface area contributed by atoms with Crippen LogP contribution in [-0.2, 0) is 4.79 Å². The molecule has 0 fully saturated rings. The van der Waals surface area contributed by atoms with Gasteiger partial charge in [-0.25, -0.2) is 9.59 Å². The standard InChI is InChI=1S/C17H22Cl2N2O5/c1-10(2)8-14(16(23)24)21(17(25)26)7-3-6-20-15(22)12-9-11(18)4-5-13(12)19/h4-5,9-10,14H,3,6-8H2,1-2H3,(H,20,22)(H,23,24)(H,25,26)/t14-/m0/s1. The Morgan fingerprint density at radius 3 is 2.38 bits per heavy atom. The smallest absolute Gasteiger partial charge is 0.408 e. The van der Waals surface area contributed by atoms with Gasteiger partial charge in [0, 0.05) is 18.1 Å². The van der Waals surface area contributed by atoms with Crippen LogP contribution in [0, 0.1) is 5.92 Å². The first-order valence-corrected chi connectivity index (χ1v) is 8.84. The third-order valence-corrected chi connectivity index (χ3v) is 4.20. The van der Waals surface area contributed by atoms with Gasteiger partial charge in [0.25, 0.3) is 5.91 Å². The number of nitrogens with zero attached hydrogens (tertiary/aromatic N) is 1. The van der Waals surface area contributed by atoms with Crippen LogP contribution in [0.15, 0.2) is 18.2 Å². The fraction of sp³-hybridized carbons (Fsp3) is 0.471. The van der Waals surface area contributed by atoms with Crippen molar-refractivity contribution in [1.29, 1.82) is 0 Å². The van der Waals surface area contributed by atoms with E-state index in [1.54, 1.807) is 6.07 Å². The average Bonchev–Trinajstić information content (AvgIpc) is 2.54. The molecule has 3 N–H and O–H groups in total. The third-order valence-electron chi connectivity index (χ3n) is 3.64. The maximum Gasteiger partial charge on any atom is 0.408 e. The van der Waals surface area contributed by atoms with Crippen LogP contribution in [-0.4, -0.2) is 52.2 Å². The van der Waals surface area contributed by atoms with Crippen molar-refractivity contribution in [2.45, 2.75) is 32.7 Å². The van der Waals surface area contributed by atoms with Crippen molar-refractivity contribution in [2.75, 3.05) is 13.1 Å². The lowest BCUT2D eigenvalue weighted by molar-refractivity contribution is -0.143. The van der Waals surface area contributed by atoms with Crippen LogP contribution in [0.4, 0.5) is 4.79 Å². The summed E-state index contributed by atoms with van der Waals surface area (Å²) in [4.78, 5) is 35.8. The summed E-state index contributed by atoms with van der Waals surface area (Å²) in [5.74, 6) is -1.59. The van der Waals surface area contributed by atoms with Crippen LogP contribution in [0.5, 0.6) is 0 Å². The largest absolute Gasteiger partial charge is 0.480 e. The van der Waals surface area contributed by atoms with Crippen LogP contribution in [0.3, 0.4) is 0 Å². The number of rotatable bonds is 9. The number of carbonyl (C=O) groups excluding carboxylic acids is 1. The number of carboxylic acid groups (broad SMARTS) is 2. The van der Waals surface area contributed by atoms with Gasteiger partial charge in [0.1, 0.15) is 6.04 Å². The lowest BCUT2D eigenvalue weighted by atomic mass is 10.0. The van der Waals surface area contributed by atoms with Crippen molar-refractivity contribution >= 4 is 41.2 Å². The number of amides is 2. The van der Waals surface area contributed by atoms with Crippen LogP contribution in [0.1, 0.15) is 37.0 Å². The quantitative estimate of drug-likeness (QED) is 0.545. The van der Waals surface area contributed by atoms with Gasteiger partial charge in [-0.05, 0) is 37.0 Å². The Kier molecular flexibility index (Phi) is 8.68. The van der Waals surface area contributed by atoms with Gasteiger partial charge in [-0.15, -0.1) is 0 Å². The minimum absolute atomic E-state index is 0.0113. The zero-order valence-corrected chi connectivity index (χ0v) is 16.0. The first-order chi connectivity index (χ1) is 12.1. The summed E-state index contributed by atoms with van der Waals surface area (Å²) >= 11 is 11.8. The van der Waals surface area contributed by atoms with E-state index < -0.39 is 24.0 Å². The zero-order chi connectivity index (χ0) is 19.9. The van der Waals surface area contributed by atoms with Gasteiger partial charge in [0.15, 0.2) is 0 Å². The molecule has 1 rings (SSSR count). The SMILES string of the molecule is CC(C)C[C@@H](C(=O)O)N(CCCNC(=O)c1cc(Cl)ccc1Cl)C(=O)O. The minimum atomic E-state index is -1.30. The second-order valence-corrected chi connectivity index (χ2v) is 7.04. The molecule has 0 aliphatic rings. The van der Waals surface area contributed by atoms with E-state index in [9.17, 15) is 24.6 Å². The Morgan fingerprint density at radius 2 is 1.85 bits per heavy atom. The molecule has 0 unspecified atom stereocenters. The van der Waals surface area contributed by atoms with Gasteiger partial charge < -0.3 is 15.5 Å². The number of hydrogen-bond donors (Lipinski definition) is 3. The molecule has 0 bridgehead atoms. The number of halogens is 2. The minimum Gasteiger partial charge on any atom is -0.480 e. The van der Waals surface area contributed by atoms with Crippen molar-refractivity contribution in [2.24, 2.45) is 5.92 Å². The Bertz CT molecular complexity index is 667. The molecule has 0 radical (unpaired) electrons. The molecule has 0 aromatic heterocycles. The highest BCUT2D eigenvalue weighted by atomic mass is 35.5. The van der Waals surface area contributed by atoms with E-state index in [-0.39, 0.29) is 42.4 Å². The predicted octanol–water partition coefficient (Wildman–Crippen LogP) is 3.59. The van der Waals surface area contributed by atoms with E-state index in [4.69, 9.17) is 23.2 Å². The summed E-state index contributed by atoms with van der Waals surface area (Å²) in [5, 5.41) is 21.8. The van der Waals surface area contributed by atoms with E-state index >= 15 is 0 Å². The van der Waals surface area contributed by atoms with Gasteiger partial charge in [-0.1, -0.05) is 37.0 Å². The van der Waals surface area contributed by atoms with Crippen molar-refractivity contribution in [3.8, 4) is 0 Å². The monoisotopic (exact) mass is 404 g/mol. The summed E-state index contributed by atoms with van der Waals surface area (Å²) in [5.41, 5.74) is 0.220. The van der Waals surface area contributed by atoms with Crippen molar-refractivity contribution in [1.82, 2.24) is 10.2 Å². The third kappa shape index (κ3) is 6.72. The Balaban J connectivity index is 2.62. The van der Waals surface area contributed by atoms with Crippen molar-refractivity contribution in [3.05, 3.63) is 33.8 Å². The molecular formula is C17H22Cl2N2O5. The summed E-state index contributed by atoms with van der Waals surface area (Å²) in [6.45, 7) is 3.80. The number of carbonyl (C=O) groups is 3. The number of carboxylic acids is 1. The molecule has 0 spiro atoms. The summed E-state index contributed by atoms with van der Waals surface area (Å²) in [6.07, 6.45) is -0.827. The molecule has 0 aliphatic heterocycles. The van der Waals surface area contributed by atoms with Gasteiger partial charge in [-0.3, -0.25) is 9.69 Å². The summed E-state index contributed by atoms with van der Waals surface area (Å²) in [6, 6.07) is 3.39. The topological polar surface area (TPSA) is 107 Å². The van der Waals surface area contributed by atoms with E-state index in [0.717, 1.165) is 4.90 Å². The normalized spacial score (nSPS) is 11.9. The van der Waals surface area contributed by atoms with Crippen LogP contribution >= 0.6 is 23.2 Å². The lowest BCUT2D eigenvalue weighted by Gasteiger charge is -2.27. The summed E-state index contributed by atoms with van der Waals surface area (Å²) < 4.78 is 0. The molecule has 0 saturated heterocycles. The first-order valence-electron chi connectivity index (χ1n) is 8.09. The van der Waals surface area contributed by atoms with Gasteiger partial charge >= 0.3 is 12.1 Å². The maximum atomic E-state index is 12.1. The van der Waals surface area contributed by atoms with E-state index in [1.807, 2.05) is 13.8 Å². The first kappa shape index (κ1) is 22.1. The Hall–Kier alpha value is -1.99. The molecule has 1 atom stereocenters. The molecular weight excluding hydrogens is 383 g/mol. The molecule has 7 nitrogen and oxygen atoms in total. The number of hydrogen-bond acceptors (Lipinski definition) is 3. The maximum absolute atomic E-state index is 12.1. The second-order valence-electron chi connectivity index (χ2n) is 6.19. The van der Waals surface area contributed by atoms with Crippen LogP contribution in [0.2, 0.25) is 10.0 Å². The van der Waals surface area contributed by atoms with E-state index in [0.29, 0.717) is 5.02 Å².